The number of hydrogen-bond acceptors (Lipinski definition) is 6. The van der Waals surface area contributed by atoms with Gasteiger partial charge in [-0.3, -0.25) is 14.4 Å². The van der Waals surface area contributed by atoms with Gasteiger partial charge in [0, 0.05) is 19.3 Å². The Morgan fingerprint density at radius 1 is 0.288 bits per heavy atom. The summed E-state index contributed by atoms with van der Waals surface area (Å²) in [6.45, 7) is 6.54. The Labute approximate surface area is 453 Å². The van der Waals surface area contributed by atoms with Gasteiger partial charge in [-0.15, -0.1) is 0 Å². The Morgan fingerprint density at radius 3 is 0.863 bits per heavy atom. The van der Waals surface area contributed by atoms with Gasteiger partial charge in [-0.05, 0) is 89.9 Å². The summed E-state index contributed by atoms with van der Waals surface area (Å²) >= 11 is 0. The van der Waals surface area contributed by atoms with Gasteiger partial charge in [-0.25, -0.2) is 0 Å². The number of allylic oxidation sites excluding steroid dienone is 12. The van der Waals surface area contributed by atoms with E-state index in [1.54, 1.807) is 0 Å². The lowest BCUT2D eigenvalue weighted by atomic mass is 10.0. The van der Waals surface area contributed by atoms with Crippen molar-refractivity contribution in [2.24, 2.45) is 0 Å². The van der Waals surface area contributed by atoms with Gasteiger partial charge in [0.1, 0.15) is 13.2 Å². The molecule has 6 heteroatoms. The number of ether oxygens (including phenoxy) is 3. The molecule has 0 bridgehead atoms. The van der Waals surface area contributed by atoms with Crippen LogP contribution in [0.1, 0.15) is 316 Å². The van der Waals surface area contributed by atoms with E-state index in [9.17, 15) is 14.4 Å². The predicted octanol–water partition coefficient (Wildman–Crippen LogP) is 21.3. The lowest BCUT2D eigenvalue weighted by Crippen LogP contribution is -2.30. The molecule has 6 nitrogen and oxygen atoms in total. The third-order valence-corrected chi connectivity index (χ3v) is 13.7. The summed E-state index contributed by atoms with van der Waals surface area (Å²) < 4.78 is 16.9. The molecule has 0 fully saturated rings. The fourth-order valence-corrected chi connectivity index (χ4v) is 9.00. The molecule has 0 amide bonds. The summed E-state index contributed by atoms with van der Waals surface area (Å²) in [5.41, 5.74) is 0. The first kappa shape index (κ1) is 69.8. The van der Waals surface area contributed by atoms with Crippen molar-refractivity contribution < 1.29 is 28.6 Å². The fraction of sp³-hybridized carbons (Fsp3) is 0.776. The van der Waals surface area contributed by atoms with Crippen LogP contribution in [0.4, 0.5) is 0 Å². The molecule has 0 saturated heterocycles. The normalized spacial score (nSPS) is 12.5. The van der Waals surface area contributed by atoms with E-state index in [1.807, 2.05) is 0 Å². The maximum Gasteiger partial charge on any atom is 0.306 e. The molecule has 0 aliphatic carbocycles. The van der Waals surface area contributed by atoms with Crippen LogP contribution in [0.3, 0.4) is 0 Å². The standard InChI is InChI=1S/C67H118O6/c1-4-7-10-13-16-19-22-25-28-31-33-36-39-42-45-48-51-54-57-60-66(69)72-63-64(62-71-65(68)59-56-53-50-47-44-41-38-35-30-27-24-21-18-15-12-9-6-3)73-67(70)61-58-55-52-49-46-43-40-37-34-32-29-26-23-20-17-14-11-8-5-2/h8,11,17,20,25-26,28-29,34,37,43,46,64H,4-7,9-10,12-16,18-19,21-24,27,30-33,35-36,38-42,44-45,47-63H2,1-3H3/b11-8-,20-17-,28-25-,29-26-,37-34-,46-43-/t64-/m0/s1. The van der Waals surface area contributed by atoms with Crippen molar-refractivity contribution >= 4 is 17.9 Å². The third-order valence-electron chi connectivity index (χ3n) is 13.7. The minimum Gasteiger partial charge on any atom is -0.462 e. The molecule has 0 aliphatic heterocycles. The molecule has 0 N–H and O–H groups in total. The summed E-state index contributed by atoms with van der Waals surface area (Å²) in [4.78, 5) is 38.3. The Kier molecular flexibility index (Phi) is 58.7. The molecule has 0 radical (unpaired) electrons. The van der Waals surface area contributed by atoms with E-state index in [0.717, 1.165) is 96.3 Å². The molecule has 1 atom stereocenters. The molecule has 0 aromatic carbocycles. The predicted molar refractivity (Wildman–Crippen MR) is 316 cm³/mol. The van der Waals surface area contributed by atoms with Crippen molar-refractivity contribution in [1.29, 1.82) is 0 Å². The van der Waals surface area contributed by atoms with Crippen molar-refractivity contribution in [3.63, 3.8) is 0 Å². The van der Waals surface area contributed by atoms with Crippen LogP contribution in [0.2, 0.25) is 0 Å². The Balaban J connectivity index is 4.42. The molecule has 0 spiro atoms. The van der Waals surface area contributed by atoms with E-state index < -0.39 is 6.10 Å². The molecule has 0 aromatic rings. The zero-order valence-electron chi connectivity index (χ0n) is 48.4. The third kappa shape index (κ3) is 59.6. The van der Waals surface area contributed by atoms with Gasteiger partial charge in [0.05, 0.1) is 0 Å². The quantitative estimate of drug-likeness (QED) is 0.0261. The molecule has 422 valence electrons. The van der Waals surface area contributed by atoms with Gasteiger partial charge in [-0.2, -0.15) is 0 Å². The van der Waals surface area contributed by atoms with E-state index >= 15 is 0 Å². The lowest BCUT2D eigenvalue weighted by Gasteiger charge is -2.18. The average molecular weight is 1020 g/mol. The van der Waals surface area contributed by atoms with E-state index in [2.05, 4.69) is 93.7 Å². The molecular weight excluding hydrogens is 901 g/mol. The van der Waals surface area contributed by atoms with Crippen LogP contribution in [-0.4, -0.2) is 37.2 Å². The Hall–Kier alpha value is -3.15. The van der Waals surface area contributed by atoms with Crippen LogP contribution >= 0.6 is 0 Å². The van der Waals surface area contributed by atoms with Gasteiger partial charge >= 0.3 is 17.9 Å². The first-order valence-electron chi connectivity index (χ1n) is 31.4. The molecular formula is C67H118O6. The van der Waals surface area contributed by atoms with Crippen LogP contribution in [-0.2, 0) is 28.6 Å². The highest BCUT2D eigenvalue weighted by molar-refractivity contribution is 5.71. The number of esters is 3. The van der Waals surface area contributed by atoms with E-state index in [4.69, 9.17) is 14.2 Å². The van der Waals surface area contributed by atoms with Gasteiger partial charge < -0.3 is 14.2 Å². The van der Waals surface area contributed by atoms with Crippen LogP contribution in [0, 0.1) is 0 Å². The van der Waals surface area contributed by atoms with Crippen molar-refractivity contribution in [3.8, 4) is 0 Å². The molecule has 73 heavy (non-hydrogen) atoms. The van der Waals surface area contributed by atoms with Gasteiger partial charge in [0.2, 0.25) is 0 Å². The Morgan fingerprint density at radius 2 is 0.534 bits per heavy atom. The van der Waals surface area contributed by atoms with Gasteiger partial charge in [0.15, 0.2) is 6.10 Å². The molecule has 0 saturated carbocycles. The first-order chi connectivity index (χ1) is 36.0. The highest BCUT2D eigenvalue weighted by Crippen LogP contribution is 2.17. The Bertz CT molecular complexity index is 1360. The number of carbonyl (C=O) groups excluding carboxylic acids is 3. The van der Waals surface area contributed by atoms with Crippen LogP contribution in [0.25, 0.3) is 0 Å². The second-order valence-electron chi connectivity index (χ2n) is 20.9. The van der Waals surface area contributed by atoms with Gasteiger partial charge in [-0.1, -0.05) is 280 Å². The summed E-state index contributed by atoms with van der Waals surface area (Å²) in [6.07, 6.45) is 79.0. The second-order valence-corrected chi connectivity index (χ2v) is 20.9. The second kappa shape index (κ2) is 61.4. The maximum absolute atomic E-state index is 12.9. The van der Waals surface area contributed by atoms with Crippen LogP contribution < -0.4 is 0 Å². The van der Waals surface area contributed by atoms with Crippen LogP contribution in [0.5, 0.6) is 0 Å². The number of carbonyl (C=O) groups is 3. The van der Waals surface area contributed by atoms with Crippen molar-refractivity contribution in [2.75, 3.05) is 13.2 Å². The lowest BCUT2D eigenvalue weighted by molar-refractivity contribution is -0.167. The highest BCUT2D eigenvalue weighted by atomic mass is 16.6. The van der Waals surface area contributed by atoms with Crippen molar-refractivity contribution in [3.05, 3.63) is 72.9 Å². The van der Waals surface area contributed by atoms with E-state index in [0.29, 0.717) is 19.3 Å². The molecule has 0 rings (SSSR count). The number of rotatable bonds is 57. The first-order valence-corrected chi connectivity index (χ1v) is 31.4. The SMILES string of the molecule is CC/C=C\C/C=C\C/C=C\C/C=C\C/C=C\CCCCCC(=O)O[C@H](COC(=O)CCCCCCCCCCC/C=C\CCCCCCCC)COC(=O)CCCCCCCCCCCCCCCCCCC. The maximum atomic E-state index is 12.9. The number of unbranched alkanes of at least 4 members (excludes halogenated alkanes) is 34. The average Bonchev–Trinajstić information content (AvgIpc) is 3.39. The van der Waals surface area contributed by atoms with E-state index in [-0.39, 0.29) is 31.1 Å². The molecule has 0 aliphatic rings. The minimum absolute atomic E-state index is 0.0865. The fourth-order valence-electron chi connectivity index (χ4n) is 9.00. The largest absolute Gasteiger partial charge is 0.462 e. The zero-order chi connectivity index (χ0) is 52.9. The summed E-state index contributed by atoms with van der Waals surface area (Å²) in [5, 5.41) is 0. The summed E-state index contributed by atoms with van der Waals surface area (Å²) in [5.74, 6) is -0.905. The molecule has 0 heterocycles. The zero-order valence-corrected chi connectivity index (χ0v) is 48.4. The van der Waals surface area contributed by atoms with Gasteiger partial charge in [0.25, 0.3) is 0 Å². The number of hydrogen-bond donors (Lipinski definition) is 0. The summed E-state index contributed by atoms with van der Waals surface area (Å²) in [7, 11) is 0. The summed E-state index contributed by atoms with van der Waals surface area (Å²) in [6, 6.07) is 0. The van der Waals surface area contributed by atoms with Crippen molar-refractivity contribution in [1.82, 2.24) is 0 Å². The molecule has 0 unspecified atom stereocenters. The van der Waals surface area contributed by atoms with E-state index in [1.165, 1.54) is 180 Å². The topological polar surface area (TPSA) is 78.9 Å². The van der Waals surface area contributed by atoms with Crippen LogP contribution in [0.15, 0.2) is 72.9 Å². The smallest absolute Gasteiger partial charge is 0.306 e. The highest BCUT2D eigenvalue weighted by Gasteiger charge is 2.19. The molecule has 0 aromatic heterocycles. The van der Waals surface area contributed by atoms with Crippen molar-refractivity contribution in [2.45, 2.75) is 322 Å². The minimum atomic E-state index is -0.793. The monoisotopic (exact) mass is 1020 g/mol.